The predicted octanol–water partition coefficient (Wildman–Crippen LogP) is 4.26. The molecule has 19 heavy (non-hydrogen) atoms. The zero-order valence-corrected chi connectivity index (χ0v) is 13.2. The first kappa shape index (κ1) is 14.1. The van der Waals surface area contributed by atoms with Gasteiger partial charge in [0.05, 0.1) is 6.54 Å². The van der Waals surface area contributed by atoms with Gasteiger partial charge in [-0.25, -0.2) is 0 Å². The maximum atomic E-state index is 11.8. The van der Waals surface area contributed by atoms with Gasteiger partial charge in [0.15, 0.2) is 0 Å². The van der Waals surface area contributed by atoms with Crippen molar-refractivity contribution in [1.29, 1.82) is 0 Å². The first-order valence-electron chi connectivity index (χ1n) is 5.68. The molecule has 0 aromatic heterocycles. The summed E-state index contributed by atoms with van der Waals surface area (Å²) in [7, 11) is 0. The summed E-state index contributed by atoms with van der Waals surface area (Å²) < 4.78 is 1.96. The van der Waals surface area contributed by atoms with Crippen molar-refractivity contribution in [1.82, 2.24) is 0 Å². The van der Waals surface area contributed by atoms with Crippen LogP contribution in [0.5, 0.6) is 0 Å². The van der Waals surface area contributed by atoms with E-state index in [1.54, 1.807) is 0 Å². The van der Waals surface area contributed by atoms with E-state index in [-0.39, 0.29) is 12.5 Å². The summed E-state index contributed by atoms with van der Waals surface area (Å²) in [6.07, 6.45) is 0. The molecule has 0 aliphatic carbocycles. The molecule has 5 heteroatoms. The van der Waals surface area contributed by atoms with E-state index >= 15 is 0 Å². The Balaban J connectivity index is 1.86. The van der Waals surface area contributed by atoms with Gasteiger partial charge in [0.2, 0.25) is 5.91 Å². The minimum Gasteiger partial charge on any atom is -0.376 e. The van der Waals surface area contributed by atoms with Crippen LogP contribution in [0.25, 0.3) is 0 Å². The van der Waals surface area contributed by atoms with Crippen LogP contribution in [-0.4, -0.2) is 12.5 Å². The number of hydrogen-bond acceptors (Lipinski definition) is 2. The third-order valence-corrected chi connectivity index (χ3v) is 3.43. The van der Waals surface area contributed by atoms with Crippen molar-refractivity contribution in [3.63, 3.8) is 0 Å². The number of anilines is 2. The lowest BCUT2D eigenvalue weighted by Crippen LogP contribution is -2.21. The van der Waals surface area contributed by atoms with Gasteiger partial charge in [0, 0.05) is 20.3 Å². The van der Waals surface area contributed by atoms with Gasteiger partial charge in [-0.2, -0.15) is 0 Å². The topological polar surface area (TPSA) is 41.1 Å². The summed E-state index contributed by atoms with van der Waals surface area (Å²) in [5, 5.41) is 5.89. The molecular weight excluding hydrogens is 372 g/mol. The number of rotatable bonds is 4. The Morgan fingerprint density at radius 1 is 0.947 bits per heavy atom. The monoisotopic (exact) mass is 382 g/mol. The molecule has 0 saturated heterocycles. The summed E-state index contributed by atoms with van der Waals surface area (Å²) in [5.74, 6) is -0.0812. The highest BCUT2D eigenvalue weighted by atomic mass is 79.9. The smallest absolute Gasteiger partial charge is 0.243 e. The third-order valence-electron chi connectivity index (χ3n) is 2.41. The van der Waals surface area contributed by atoms with Crippen molar-refractivity contribution in [2.45, 2.75) is 0 Å². The SMILES string of the molecule is O=C(CNc1cccc(Br)c1)Nc1ccc(Br)cc1. The molecule has 2 N–H and O–H groups in total. The molecule has 2 rings (SSSR count). The highest BCUT2D eigenvalue weighted by Crippen LogP contribution is 2.16. The van der Waals surface area contributed by atoms with Gasteiger partial charge >= 0.3 is 0 Å². The number of benzene rings is 2. The van der Waals surface area contributed by atoms with Gasteiger partial charge in [-0.3, -0.25) is 4.79 Å². The van der Waals surface area contributed by atoms with Crippen molar-refractivity contribution in [3.8, 4) is 0 Å². The summed E-state index contributed by atoms with van der Waals surface area (Å²) in [6.45, 7) is 0.229. The number of nitrogens with one attached hydrogen (secondary N) is 2. The molecule has 0 atom stereocenters. The van der Waals surface area contributed by atoms with Crippen LogP contribution in [0.3, 0.4) is 0 Å². The third kappa shape index (κ3) is 4.69. The van der Waals surface area contributed by atoms with Gasteiger partial charge in [0.1, 0.15) is 0 Å². The molecule has 1 amide bonds. The molecule has 0 unspecified atom stereocenters. The van der Waals surface area contributed by atoms with Crippen molar-refractivity contribution in [2.24, 2.45) is 0 Å². The molecule has 0 fully saturated rings. The highest BCUT2D eigenvalue weighted by Gasteiger charge is 2.02. The van der Waals surface area contributed by atoms with E-state index in [0.29, 0.717) is 0 Å². The van der Waals surface area contributed by atoms with Crippen LogP contribution in [0, 0.1) is 0 Å². The predicted molar refractivity (Wildman–Crippen MR) is 85.4 cm³/mol. The number of carbonyl (C=O) groups is 1. The largest absolute Gasteiger partial charge is 0.376 e. The molecule has 3 nitrogen and oxygen atoms in total. The average Bonchev–Trinajstić information content (AvgIpc) is 2.39. The number of carbonyl (C=O) groups excluding carboxylic acids is 1. The molecule has 0 heterocycles. The van der Waals surface area contributed by atoms with Crippen molar-refractivity contribution in [3.05, 3.63) is 57.5 Å². The quantitative estimate of drug-likeness (QED) is 0.827. The van der Waals surface area contributed by atoms with Crippen molar-refractivity contribution >= 4 is 49.1 Å². The van der Waals surface area contributed by atoms with Crippen molar-refractivity contribution < 1.29 is 4.79 Å². The first-order chi connectivity index (χ1) is 9.13. The second-order valence-corrected chi connectivity index (χ2v) is 5.75. The fourth-order valence-corrected chi connectivity index (χ4v) is 2.18. The maximum absolute atomic E-state index is 11.8. The minimum atomic E-state index is -0.0812. The van der Waals surface area contributed by atoms with Crippen LogP contribution in [0.15, 0.2) is 57.5 Å². The number of halogens is 2. The van der Waals surface area contributed by atoms with Crippen LogP contribution in [0.2, 0.25) is 0 Å². The Kier molecular flexibility index (Phi) is 4.99. The normalized spacial score (nSPS) is 10.0. The van der Waals surface area contributed by atoms with Crippen LogP contribution in [0.1, 0.15) is 0 Å². The highest BCUT2D eigenvalue weighted by molar-refractivity contribution is 9.10. The van der Waals surface area contributed by atoms with E-state index < -0.39 is 0 Å². The van der Waals surface area contributed by atoms with Crippen LogP contribution in [-0.2, 0) is 4.79 Å². The molecular formula is C14H12Br2N2O. The minimum absolute atomic E-state index is 0.0812. The summed E-state index contributed by atoms with van der Waals surface area (Å²) >= 11 is 6.73. The first-order valence-corrected chi connectivity index (χ1v) is 7.27. The fourth-order valence-electron chi connectivity index (χ4n) is 1.52. The summed E-state index contributed by atoms with van der Waals surface area (Å²) in [4.78, 5) is 11.8. The lowest BCUT2D eigenvalue weighted by molar-refractivity contribution is -0.114. The van der Waals surface area contributed by atoms with Gasteiger partial charge in [0.25, 0.3) is 0 Å². The van der Waals surface area contributed by atoms with E-state index in [2.05, 4.69) is 42.5 Å². The second kappa shape index (κ2) is 6.73. The average molecular weight is 384 g/mol. The van der Waals surface area contributed by atoms with Crippen molar-refractivity contribution in [2.75, 3.05) is 17.2 Å². The molecule has 0 aliphatic rings. The molecule has 0 aliphatic heterocycles. The van der Waals surface area contributed by atoms with E-state index in [9.17, 15) is 4.79 Å². The van der Waals surface area contributed by atoms with E-state index in [4.69, 9.17) is 0 Å². The van der Waals surface area contributed by atoms with Crippen LogP contribution in [0.4, 0.5) is 11.4 Å². The number of hydrogen-bond donors (Lipinski definition) is 2. The Hall–Kier alpha value is -1.33. The standard InChI is InChI=1S/C14H12Br2N2O/c15-10-4-6-12(7-5-10)18-14(19)9-17-13-3-1-2-11(16)8-13/h1-8,17H,9H2,(H,18,19). The summed E-state index contributed by atoms with van der Waals surface area (Å²) in [5.41, 5.74) is 1.68. The van der Waals surface area contributed by atoms with E-state index in [0.717, 1.165) is 20.3 Å². The van der Waals surface area contributed by atoms with Gasteiger partial charge < -0.3 is 10.6 Å². The van der Waals surface area contributed by atoms with Crippen LogP contribution < -0.4 is 10.6 Å². The fraction of sp³-hybridized carbons (Fsp3) is 0.0714. The van der Waals surface area contributed by atoms with E-state index in [1.807, 2.05) is 48.5 Å². The Bertz CT molecular complexity index is 570. The van der Waals surface area contributed by atoms with Gasteiger partial charge in [-0.15, -0.1) is 0 Å². The van der Waals surface area contributed by atoms with E-state index in [1.165, 1.54) is 0 Å². The molecule has 0 saturated carbocycles. The lowest BCUT2D eigenvalue weighted by atomic mass is 10.3. The zero-order chi connectivity index (χ0) is 13.7. The maximum Gasteiger partial charge on any atom is 0.243 e. The Morgan fingerprint density at radius 2 is 1.68 bits per heavy atom. The molecule has 0 spiro atoms. The Labute approximate surface area is 128 Å². The lowest BCUT2D eigenvalue weighted by Gasteiger charge is -2.08. The molecule has 2 aromatic rings. The number of amides is 1. The van der Waals surface area contributed by atoms with Gasteiger partial charge in [-0.1, -0.05) is 37.9 Å². The Morgan fingerprint density at radius 3 is 2.37 bits per heavy atom. The molecule has 0 bridgehead atoms. The summed E-state index contributed by atoms with van der Waals surface area (Å²) in [6, 6.07) is 15.2. The zero-order valence-electron chi connectivity index (χ0n) is 9.99. The molecule has 98 valence electrons. The second-order valence-electron chi connectivity index (χ2n) is 3.92. The molecule has 0 radical (unpaired) electrons. The van der Waals surface area contributed by atoms with Crippen LogP contribution >= 0.6 is 31.9 Å². The van der Waals surface area contributed by atoms with Gasteiger partial charge in [-0.05, 0) is 42.5 Å². The molecule has 2 aromatic carbocycles.